The number of fused-ring (bicyclic) bond motifs is 1. The van der Waals surface area contributed by atoms with E-state index in [0.29, 0.717) is 12.0 Å². The van der Waals surface area contributed by atoms with Crippen LogP contribution in [0.2, 0.25) is 0 Å². The molecule has 14 heavy (non-hydrogen) atoms. The van der Waals surface area contributed by atoms with Gasteiger partial charge in [0.25, 0.3) is 5.91 Å². The van der Waals surface area contributed by atoms with E-state index in [0.717, 1.165) is 17.5 Å². The molecule has 2 rings (SSSR count). The summed E-state index contributed by atoms with van der Waals surface area (Å²) in [6.07, 6.45) is 1.12. The van der Waals surface area contributed by atoms with Crippen LogP contribution in [0.5, 0.6) is 0 Å². The topological polar surface area (TPSA) is 63.3 Å². The van der Waals surface area contributed by atoms with E-state index in [-0.39, 0.29) is 0 Å². The van der Waals surface area contributed by atoms with Crippen molar-refractivity contribution in [2.45, 2.75) is 25.4 Å². The minimum atomic E-state index is -1.44. The van der Waals surface area contributed by atoms with Crippen molar-refractivity contribution in [3.8, 4) is 0 Å². The lowest BCUT2D eigenvalue weighted by atomic mass is 9.94. The van der Waals surface area contributed by atoms with Crippen molar-refractivity contribution in [3.05, 3.63) is 34.9 Å². The van der Waals surface area contributed by atoms with Gasteiger partial charge in [-0.15, -0.1) is 0 Å². The first kappa shape index (κ1) is 9.21. The molecular formula is C11H13NO2. The largest absolute Gasteiger partial charge is 0.375 e. The summed E-state index contributed by atoms with van der Waals surface area (Å²) in [6, 6.07) is 5.77. The molecule has 1 amide bonds. The number of amides is 1. The molecule has 1 aromatic rings. The fourth-order valence-corrected chi connectivity index (χ4v) is 2.00. The number of hydrogen-bond donors (Lipinski definition) is 2. The third-order valence-corrected chi connectivity index (χ3v) is 2.87. The van der Waals surface area contributed by atoms with E-state index in [1.165, 1.54) is 0 Å². The second-order valence-corrected chi connectivity index (χ2v) is 3.89. The van der Waals surface area contributed by atoms with Gasteiger partial charge in [-0.25, -0.2) is 0 Å². The lowest BCUT2D eigenvalue weighted by molar-refractivity contribution is -0.137. The minimum Gasteiger partial charge on any atom is -0.375 e. The van der Waals surface area contributed by atoms with Crippen molar-refractivity contribution in [3.63, 3.8) is 0 Å². The van der Waals surface area contributed by atoms with E-state index in [4.69, 9.17) is 5.73 Å². The zero-order valence-electron chi connectivity index (χ0n) is 8.08. The Morgan fingerprint density at radius 2 is 2.29 bits per heavy atom. The van der Waals surface area contributed by atoms with E-state index in [2.05, 4.69) is 0 Å². The maximum Gasteiger partial charge on any atom is 0.254 e. The van der Waals surface area contributed by atoms with Gasteiger partial charge in [0.15, 0.2) is 5.60 Å². The smallest absolute Gasteiger partial charge is 0.254 e. The van der Waals surface area contributed by atoms with Crippen molar-refractivity contribution in [1.29, 1.82) is 0 Å². The zero-order chi connectivity index (χ0) is 10.3. The van der Waals surface area contributed by atoms with Crippen LogP contribution in [0.4, 0.5) is 0 Å². The van der Waals surface area contributed by atoms with Crippen LogP contribution in [0.25, 0.3) is 0 Å². The maximum absolute atomic E-state index is 11.2. The highest BCUT2D eigenvalue weighted by atomic mass is 16.3. The first-order chi connectivity index (χ1) is 6.54. The highest BCUT2D eigenvalue weighted by molar-refractivity contribution is 5.86. The predicted octanol–water partition coefficient (Wildman–Crippen LogP) is 0.614. The minimum absolute atomic E-state index is 0.404. The lowest BCUT2D eigenvalue weighted by Gasteiger charge is -2.19. The van der Waals surface area contributed by atoms with Gasteiger partial charge in [-0.2, -0.15) is 0 Å². The van der Waals surface area contributed by atoms with Gasteiger partial charge < -0.3 is 10.8 Å². The van der Waals surface area contributed by atoms with Crippen molar-refractivity contribution >= 4 is 5.91 Å². The molecule has 1 aliphatic rings. The molecule has 0 aliphatic heterocycles. The average molecular weight is 191 g/mol. The number of aliphatic hydroxyl groups is 1. The number of hydrogen-bond acceptors (Lipinski definition) is 2. The average Bonchev–Trinajstić information content (AvgIpc) is 2.46. The third kappa shape index (κ3) is 1.13. The Hall–Kier alpha value is -1.35. The van der Waals surface area contributed by atoms with Crippen LogP contribution < -0.4 is 5.73 Å². The number of aryl methyl sites for hydroxylation is 2. The summed E-state index contributed by atoms with van der Waals surface area (Å²) in [4.78, 5) is 11.2. The molecule has 1 unspecified atom stereocenters. The van der Waals surface area contributed by atoms with Crippen LogP contribution in [0, 0.1) is 6.92 Å². The van der Waals surface area contributed by atoms with E-state index in [1.807, 2.05) is 25.1 Å². The summed E-state index contributed by atoms with van der Waals surface area (Å²) in [5.74, 6) is -0.651. The fourth-order valence-electron chi connectivity index (χ4n) is 2.00. The predicted molar refractivity (Wildman–Crippen MR) is 52.6 cm³/mol. The van der Waals surface area contributed by atoms with Crippen molar-refractivity contribution in [2.75, 3.05) is 0 Å². The molecule has 3 heteroatoms. The molecule has 3 nitrogen and oxygen atoms in total. The van der Waals surface area contributed by atoms with Crippen LogP contribution >= 0.6 is 0 Å². The second-order valence-electron chi connectivity index (χ2n) is 3.89. The Morgan fingerprint density at radius 1 is 1.57 bits per heavy atom. The molecular weight excluding hydrogens is 178 g/mol. The van der Waals surface area contributed by atoms with Crippen LogP contribution in [0.3, 0.4) is 0 Å². The standard InChI is InChI=1S/C11H13NO2/c1-7-2-3-8-4-5-11(14,10(12)13)9(8)6-7/h2-3,6,14H,4-5H2,1H3,(H2,12,13). The van der Waals surface area contributed by atoms with E-state index < -0.39 is 11.5 Å². The van der Waals surface area contributed by atoms with Crippen molar-refractivity contribution in [1.82, 2.24) is 0 Å². The SMILES string of the molecule is Cc1ccc2c(c1)C(O)(C(N)=O)CC2. The summed E-state index contributed by atoms with van der Waals surface area (Å²) in [7, 11) is 0. The molecule has 0 heterocycles. The van der Waals surface area contributed by atoms with Gasteiger partial charge in [0.1, 0.15) is 0 Å². The highest BCUT2D eigenvalue weighted by Gasteiger charge is 2.41. The zero-order valence-corrected chi connectivity index (χ0v) is 8.08. The molecule has 0 aromatic heterocycles. The van der Waals surface area contributed by atoms with Crippen molar-refractivity contribution in [2.24, 2.45) is 5.73 Å². The van der Waals surface area contributed by atoms with Gasteiger partial charge in [0.2, 0.25) is 0 Å². The van der Waals surface area contributed by atoms with Crippen LogP contribution in [0.15, 0.2) is 18.2 Å². The highest BCUT2D eigenvalue weighted by Crippen LogP contribution is 2.36. The molecule has 1 aromatic carbocycles. The molecule has 0 radical (unpaired) electrons. The lowest BCUT2D eigenvalue weighted by Crippen LogP contribution is -2.39. The van der Waals surface area contributed by atoms with Crippen LogP contribution in [-0.4, -0.2) is 11.0 Å². The fraction of sp³-hybridized carbons (Fsp3) is 0.364. The maximum atomic E-state index is 11.2. The molecule has 0 fully saturated rings. The number of carbonyl (C=O) groups excluding carboxylic acids is 1. The Kier molecular flexibility index (Phi) is 1.86. The van der Waals surface area contributed by atoms with Gasteiger partial charge >= 0.3 is 0 Å². The summed E-state index contributed by atoms with van der Waals surface area (Å²) >= 11 is 0. The van der Waals surface area contributed by atoms with E-state index in [9.17, 15) is 9.90 Å². The number of primary amides is 1. The molecule has 3 N–H and O–H groups in total. The number of carbonyl (C=O) groups is 1. The summed E-state index contributed by atoms with van der Waals surface area (Å²) in [6.45, 7) is 1.93. The molecule has 0 bridgehead atoms. The normalized spacial score (nSPS) is 24.7. The van der Waals surface area contributed by atoms with Crippen LogP contribution in [0.1, 0.15) is 23.1 Å². The summed E-state index contributed by atoms with van der Waals surface area (Å²) in [5.41, 5.74) is 6.51. The first-order valence-corrected chi connectivity index (χ1v) is 4.66. The van der Waals surface area contributed by atoms with Gasteiger partial charge in [-0.1, -0.05) is 23.8 Å². The van der Waals surface area contributed by atoms with Crippen LogP contribution in [-0.2, 0) is 16.8 Å². The van der Waals surface area contributed by atoms with Gasteiger partial charge in [0, 0.05) is 0 Å². The second kappa shape index (κ2) is 2.82. The molecule has 0 saturated heterocycles. The number of nitrogens with two attached hydrogens (primary N) is 1. The van der Waals surface area contributed by atoms with E-state index >= 15 is 0 Å². The van der Waals surface area contributed by atoms with Gasteiger partial charge in [0.05, 0.1) is 0 Å². The number of benzene rings is 1. The molecule has 0 saturated carbocycles. The Morgan fingerprint density at radius 3 is 2.93 bits per heavy atom. The van der Waals surface area contributed by atoms with Crippen molar-refractivity contribution < 1.29 is 9.90 Å². The first-order valence-electron chi connectivity index (χ1n) is 4.66. The molecule has 0 spiro atoms. The van der Waals surface area contributed by atoms with Gasteiger partial charge in [-0.05, 0) is 30.9 Å². The molecule has 1 atom stereocenters. The Labute approximate surface area is 82.5 Å². The summed E-state index contributed by atoms with van der Waals surface area (Å²) < 4.78 is 0. The molecule has 74 valence electrons. The van der Waals surface area contributed by atoms with Gasteiger partial charge in [-0.3, -0.25) is 4.79 Å². The summed E-state index contributed by atoms with van der Waals surface area (Å²) in [5, 5.41) is 10.1. The Bertz CT molecular complexity index is 400. The number of rotatable bonds is 1. The van der Waals surface area contributed by atoms with E-state index in [1.54, 1.807) is 0 Å². The monoisotopic (exact) mass is 191 g/mol. The third-order valence-electron chi connectivity index (χ3n) is 2.87. The molecule has 1 aliphatic carbocycles. The Balaban J connectivity index is 2.58. The quantitative estimate of drug-likeness (QED) is 0.683.